The van der Waals surface area contributed by atoms with Gasteiger partial charge in [0.2, 0.25) is 0 Å². The summed E-state index contributed by atoms with van der Waals surface area (Å²) in [5.74, 6) is -0.469. The van der Waals surface area contributed by atoms with Gasteiger partial charge in [-0.3, -0.25) is 35.0 Å². The van der Waals surface area contributed by atoms with E-state index in [1.165, 1.54) is 18.6 Å². The molecule has 0 atom stereocenters. The Kier molecular flexibility index (Phi) is 5.20. The molecule has 29 heavy (non-hydrogen) atoms. The Balaban J connectivity index is 1.58. The molecule has 10 nitrogen and oxygen atoms in total. The summed E-state index contributed by atoms with van der Waals surface area (Å²) in [6, 6.07) is 4.87. The van der Waals surface area contributed by atoms with Crippen molar-refractivity contribution in [3.63, 3.8) is 0 Å². The van der Waals surface area contributed by atoms with Gasteiger partial charge in [0, 0.05) is 41.0 Å². The lowest BCUT2D eigenvalue weighted by Crippen LogP contribution is -2.43. The molecule has 0 aliphatic rings. The zero-order chi connectivity index (χ0) is 20.2. The summed E-state index contributed by atoms with van der Waals surface area (Å²) < 4.78 is 2.37. The lowest BCUT2D eigenvalue weighted by molar-refractivity contribution is -0.122. The second-order valence-electron chi connectivity index (χ2n) is 5.85. The Morgan fingerprint density at radius 3 is 2.59 bits per heavy atom. The molecule has 4 aromatic heterocycles. The molecule has 4 heterocycles. The van der Waals surface area contributed by atoms with Crippen LogP contribution in [-0.4, -0.2) is 41.3 Å². The van der Waals surface area contributed by atoms with Gasteiger partial charge in [-0.15, -0.1) is 0 Å². The zero-order valence-corrected chi connectivity index (χ0v) is 16.4. The number of nitrogens with zero attached hydrogens (tertiary/aromatic N) is 6. The number of hydrazine groups is 1. The Morgan fingerprint density at radius 2 is 1.83 bits per heavy atom. The minimum Gasteiger partial charge on any atom is -0.298 e. The number of pyridine rings is 2. The van der Waals surface area contributed by atoms with Gasteiger partial charge in [-0.2, -0.15) is 0 Å². The zero-order valence-electron chi connectivity index (χ0n) is 14.8. The van der Waals surface area contributed by atoms with Crippen LogP contribution in [0.1, 0.15) is 10.4 Å². The molecule has 0 unspecified atom stereocenters. The third-order valence-electron chi connectivity index (χ3n) is 3.90. The van der Waals surface area contributed by atoms with Crippen LogP contribution in [0.25, 0.3) is 22.7 Å². The fourth-order valence-electron chi connectivity index (χ4n) is 2.63. The maximum Gasteiger partial charge on any atom is 0.269 e. The number of hydrogen-bond donors (Lipinski definition) is 2. The van der Waals surface area contributed by atoms with Crippen LogP contribution < -0.4 is 10.9 Å². The molecule has 0 aliphatic heterocycles. The normalized spacial score (nSPS) is 10.7. The number of nitrogens with one attached hydrogen (secondary N) is 2. The molecule has 4 aromatic rings. The first-order valence-electron chi connectivity index (χ1n) is 8.39. The molecule has 11 heteroatoms. The molecule has 0 radical (unpaired) electrons. The minimum atomic E-state index is -0.457. The molecule has 0 aromatic carbocycles. The number of hydrogen-bond acceptors (Lipinski definition) is 7. The summed E-state index contributed by atoms with van der Waals surface area (Å²) in [5.41, 5.74) is 6.73. The summed E-state index contributed by atoms with van der Waals surface area (Å²) in [5, 5.41) is 0. The van der Waals surface area contributed by atoms with Gasteiger partial charge >= 0.3 is 0 Å². The Labute approximate surface area is 172 Å². The van der Waals surface area contributed by atoms with Crippen LogP contribution in [0.4, 0.5) is 0 Å². The molecule has 4 rings (SSSR count). The van der Waals surface area contributed by atoms with E-state index in [0.717, 1.165) is 4.47 Å². The highest BCUT2D eigenvalue weighted by Gasteiger charge is 2.18. The highest BCUT2D eigenvalue weighted by molar-refractivity contribution is 9.10. The van der Waals surface area contributed by atoms with Gasteiger partial charge in [-0.25, -0.2) is 15.0 Å². The van der Waals surface area contributed by atoms with Crippen molar-refractivity contribution in [2.45, 2.75) is 6.54 Å². The number of imidazole rings is 1. The number of fused-ring (bicyclic) bond motifs is 1. The average Bonchev–Trinajstić information content (AvgIpc) is 3.10. The predicted octanol–water partition coefficient (Wildman–Crippen LogP) is 1.51. The maximum absolute atomic E-state index is 12.5. The number of rotatable bonds is 4. The molecule has 0 saturated carbocycles. The van der Waals surface area contributed by atoms with Crippen molar-refractivity contribution in [2.24, 2.45) is 0 Å². The lowest BCUT2D eigenvalue weighted by Gasteiger charge is -2.10. The summed E-state index contributed by atoms with van der Waals surface area (Å²) in [7, 11) is 0. The molecule has 2 N–H and O–H groups in total. The largest absolute Gasteiger partial charge is 0.298 e. The number of carbonyl (C=O) groups is 2. The number of halogens is 1. The van der Waals surface area contributed by atoms with Crippen LogP contribution in [0.3, 0.4) is 0 Å². The second-order valence-corrected chi connectivity index (χ2v) is 6.76. The van der Waals surface area contributed by atoms with Crippen molar-refractivity contribution < 1.29 is 9.59 Å². The van der Waals surface area contributed by atoms with Gasteiger partial charge in [0.15, 0.2) is 11.5 Å². The van der Waals surface area contributed by atoms with Gasteiger partial charge in [0.25, 0.3) is 11.8 Å². The van der Waals surface area contributed by atoms with Crippen molar-refractivity contribution in [3.8, 4) is 11.5 Å². The first kappa shape index (κ1) is 18.6. The standard InChI is InChI=1S/C18H13BrN8O2/c19-12-7-13-16(23-8-12)27(17(24-13)14-9-21-5-6-22-14)10-15(28)25-26-18(29)11-1-3-20-4-2-11/h1-9H,10H2,(H,25,28)(H,26,29). The van der Waals surface area contributed by atoms with E-state index in [1.807, 2.05) is 0 Å². The average molecular weight is 453 g/mol. The SMILES string of the molecule is O=C(Cn1c(-c2cnccn2)nc2cc(Br)cnc21)NNC(=O)c1ccncc1. The van der Waals surface area contributed by atoms with E-state index in [2.05, 4.69) is 51.7 Å². The van der Waals surface area contributed by atoms with Crippen LogP contribution >= 0.6 is 15.9 Å². The quantitative estimate of drug-likeness (QED) is 0.449. The van der Waals surface area contributed by atoms with E-state index in [9.17, 15) is 9.59 Å². The predicted molar refractivity (Wildman–Crippen MR) is 106 cm³/mol. The summed E-state index contributed by atoms with van der Waals surface area (Å²) in [6.07, 6.45) is 9.24. The molecule has 0 spiro atoms. The molecule has 0 fully saturated rings. The molecule has 2 amide bonds. The van der Waals surface area contributed by atoms with Gasteiger partial charge in [0.05, 0.1) is 6.20 Å². The third-order valence-corrected chi connectivity index (χ3v) is 4.34. The first-order chi connectivity index (χ1) is 14.1. The summed E-state index contributed by atoms with van der Waals surface area (Å²) in [6.45, 7) is -0.131. The van der Waals surface area contributed by atoms with Crippen molar-refractivity contribution >= 4 is 38.9 Å². The highest BCUT2D eigenvalue weighted by atomic mass is 79.9. The van der Waals surface area contributed by atoms with Crippen molar-refractivity contribution in [2.75, 3.05) is 0 Å². The molecule has 0 saturated heterocycles. The van der Waals surface area contributed by atoms with E-state index < -0.39 is 11.8 Å². The van der Waals surface area contributed by atoms with Crippen LogP contribution in [0.5, 0.6) is 0 Å². The number of aromatic nitrogens is 6. The highest BCUT2D eigenvalue weighted by Crippen LogP contribution is 2.23. The topological polar surface area (TPSA) is 128 Å². The summed E-state index contributed by atoms with van der Waals surface area (Å²) >= 11 is 3.37. The molecular weight excluding hydrogens is 440 g/mol. The van der Waals surface area contributed by atoms with Gasteiger partial charge in [-0.1, -0.05) is 0 Å². The van der Waals surface area contributed by atoms with E-state index in [4.69, 9.17) is 0 Å². The van der Waals surface area contributed by atoms with Gasteiger partial charge in [-0.05, 0) is 34.1 Å². The van der Waals surface area contributed by atoms with Crippen molar-refractivity contribution in [3.05, 3.63) is 65.4 Å². The van der Waals surface area contributed by atoms with Crippen molar-refractivity contribution in [1.82, 2.24) is 40.3 Å². The minimum absolute atomic E-state index is 0.131. The fourth-order valence-corrected chi connectivity index (χ4v) is 2.95. The molecule has 0 bridgehead atoms. The van der Waals surface area contributed by atoms with Crippen LogP contribution in [0.15, 0.2) is 59.9 Å². The van der Waals surface area contributed by atoms with E-state index in [-0.39, 0.29) is 6.54 Å². The fraction of sp³-hybridized carbons (Fsp3) is 0.0556. The molecule has 0 aliphatic carbocycles. The monoisotopic (exact) mass is 452 g/mol. The number of carbonyl (C=O) groups excluding carboxylic acids is 2. The van der Waals surface area contributed by atoms with E-state index >= 15 is 0 Å². The smallest absolute Gasteiger partial charge is 0.269 e. The Bertz CT molecular complexity index is 1180. The Hall–Kier alpha value is -3.73. The molecular formula is C18H13BrN8O2. The van der Waals surface area contributed by atoms with Crippen LogP contribution in [0, 0.1) is 0 Å². The van der Waals surface area contributed by atoms with Crippen LogP contribution in [-0.2, 0) is 11.3 Å². The number of amides is 2. The lowest BCUT2D eigenvalue weighted by atomic mass is 10.3. The third kappa shape index (κ3) is 4.09. The summed E-state index contributed by atoms with van der Waals surface area (Å²) in [4.78, 5) is 45.6. The van der Waals surface area contributed by atoms with Gasteiger partial charge < -0.3 is 0 Å². The maximum atomic E-state index is 12.5. The van der Waals surface area contributed by atoms with Crippen LogP contribution in [0.2, 0.25) is 0 Å². The second kappa shape index (κ2) is 8.10. The van der Waals surface area contributed by atoms with E-state index in [1.54, 1.807) is 41.4 Å². The van der Waals surface area contributed by atoms with Crippen molar-refractivity contribution in [1.29, 1.82) is 0 Å². The first-order valence-corrected chi connectivity index (χ1v) is 9.18. The van der Waals surface area contributed by atoms with Gasteiger partial charge in [0.1, 0.15) is 17.8 Å². The Morgan fingerprint density at radius 1 is 1.00 bits per heavy atom. The van der Waals surface area contributed by atoms with E-state index in [0.29, 0.717) is 28.2 Å². The molecule has 144 valence electrons.